The number of likely N-dealkylation sites (tertiary alicyclic amines) is 1. The van der Waals surface area contributed by atoms with Crippen LogP contribution in [-0.2, 0) is 4.74 Å². The molecular weight excluding hydrogens is 407 g/mol. The highest BCUT2D eigenvalue weighted by atomic mass is 127. The first-order valence-electron chi connectivity index (χ1n) is 8.29. The number of alkyl carbamates (subject to hydrolysis) is 1. The fourth-order valence-corrected chi connectivity index (χ4v) is 2.27. The standard InChI is InChI=1S/C16H32N4O2.HI/c1-13-7-11-20(12-8-13)14(17)18-9-5-6-10-19-15(21)22-16(2,3)4;/h13H,5-12H2,1-4H3,(H2,17,18)(H,19,21);1H. The molecule has 0 aromatic heterocycles. The molecule has 0 unspecified atom stereocenters. The quantitative estimate of drug-likeness (QED) is 0.298. The predicted octanol–water partition coefficient (Wildman–Crippen LogP) is 2.96. The predicted molar refractivity (Wildman–Crippen MR) is 105 cm³/mol. The number of hydrogen-bond acceptors (Lipinski definition) is 3. The van der Waals surface area contributed by atoms with Gasteiger partial charge in [0.05, 0.1) is 0 Å². The third-order valence-corrected chi connectivity index (χ3v) is 3.63. The maximum absolute atomic E-state index is 11.4. The van der Waals surface area contributed by atoms with Crippen molar-refractivity contribution in [2.75, 3.05) is 26.2 Å². The molecule has 3 N–H and O–H groups in total. The van der Waals surface area contributed by atoms with Crippen LogP contribution < -0.4 is 11.1 Å². The van der Waals surface area contributed by atoms with Crippen molar-refractivity contribution in [3.05, 3.63) is 0 Å². The van der Waals surface area contributed by atoms with E-state index in [4.69, 9.17) is 10.5 Å². The van der Waals surface area contributed by atoms with Crippen LogP contribution >= 0.6 is 24.0 Å². The molecule has 0 atom stereocenters. The lowest BCUT2D eigenvalue weighted by Crippen LogP contribution is -2.42. The minimum Gasteiger partial charge on any atom is -0.444 e. The summed E-state index contributed by atoms with van der Waals surface area (Å²) in [5.41, 5.74) is 5.56. The number of nitrogens with two attached hydrogens (primary N) is 1. The van der Waals surface area contributed by atoms with Crippen LogP contribution in [0.2, 0.25) is 0 Å². The van der Waals surface area contributed by atoms with Gasteiger partial charge in [-0.1, -0.05) is 6.92 Å². The number of halogens is 1. The van der Waals surface area contributed by atoms with Crippen molar-refractivity contribution in [3.8, 4) is 0 Å². The summed E-state index contributed by atoms with van der Waals surface area (Å²) >= 11 is 0. The first-order chi connectivity index (χ1) is 10.3. The lowest BCUT2D eigenvalue weighted by atomic mass is 10.00. The van der Waals surface area contributed by atoms with Gasteiger partial charge in [-0.3, -0.25) is 4.99 Å². The van der Waals surface area contributed by atoms with Crippen LogP contribution in [0.15, 0.2) is 4.99 Å². The molecule has 1 amide bonds. The molecule has 1 aliphatic rings. The lowest BCUT2D eigenvalue weighted by molar-refractivity contribution is 0.0527. The monoisotopic (exact) mass is 440 g/mol. The minimum atomic E-state index is -0.450. The van der Waals surface area contributed by atoms with Gasteiger partial charge in [0.25, 0.3) is 0 Å². The van der Waals surface area contributed by atoms with Gasteiger partial charge in [-0.05, 0) is 52.4 Å². The van der Waals surface area contributed by atoms with E-state index < -0.39 is 5.60 Å². The SMILES string of the molecule is CC1CCN(C(N)=NCCCCNC(=O)OC(C)(C)C)CC1.I. The smallest absolute Gasteiger partial charge is 0.407 e. The van der Waals surface area contributed by atoms with Crippen LogP contribution in [0.4, 0.5) is 4.79 Å². The molecule has 0 aromatic carbocycles. The molecule has 0 spiro atoms. The zero-order chi connectivity index (χ0) is 16.6. The van der Waals surface area contributed by atoms with E-state index in [0.29, 0.717) is 19.0 Å². The largest absolute Gasteiger partial charge is 0.444 e. The third-order valence-electron chi connectivity index (χ3n) is 3.63. The van der Waals surface area contributed by atoms with Crippen LogP contribution in [0.5, 0.6) is 0 Å². The molecular formula is C16H33IN4O2. The summed E-state index contributed by atoms with van der Waals surface area (Å²) in [6.45, 7) is 11.2. The second-order valence-electron chi connectivity index (χ2n) is 7.05. The first-order valence-corrected chi connectivity index (χ1v) is 8.29. The van der Waals surface area contributed by atoms with Crippen LogP contribution in [0.1, 0.15) is 53.4 Å². The molecule has 0 radical (unpaired) electrons. The topological polar surface area (TPSA) is 80.0 Å². The molecule has 0 aliphatic carbocycles. The summed E-state index contributed by atoms with van der Waals surface area (Å²) in [5, 5.41) is 2.74. The average molecular weight is 440 g/mol. The molecule has 1 fully saturated rings. The van der Waals surface area contributed by atoms with Crippen LogP contribution in [0.3, 0.4) is 0 Å². The van der Waals surface area contributed by atoms with E-state index in [9.17, 15) is 4.79 Å². The highest BCUT2D eigenvalue weighted by Crippen LogP contribution is 2.15. The highest BCUT2D eigenvalue weighted by Gasteiger charge is 2.17. The van der Waals surface area contributed by atoms with Crippen molar-refractivity contribution in [2.45, 2.75) is 59.0 Å². The van der Waals surface area contributed by atoms with Crippen molar-refractivity contribution >= 4 is 36.0 Å². The number of piperidine rings is 1. The molecule has 1 rings (SSSR count). The van der Waals surface area contributed by atoms with Gasteiger partial charge in [0.15, 0.2) is 5.96 Å². The average Bonchev–Trinajstić information content (AvgIpc) is 2.41. The number of amides is 1. The van der Waals surface area contributed by atoms with E-state index in [-0.39, 0.29) is 30.1 Å². The second kappa shape index (κ2) is 10.9. The fraction of sp³-hybridized carbons (Fsp3) is 0.875. The molecule has 0 bridgehead atoms. The van der Waals surface area contributed by atoms with Gasteiger partial charge in [-0.2, -0.15) is 0 Å². The van der Waals surface area contributed by atoms with Gasteiger partial charge in [0, 0.05) is 26.2 Å². The molecule has 136 valence electrons. The Labute approximate surface area is 157 Å². The molecule has 1 aliphatic heterocycles. The van der Waals surface area contributed by atoms with Crippen molar-refractivity contribution in [3.63, 3.8) is 0 Å². The van der Waals surface area contributed by atoms with Crippen molar-refractivity contribution < 1.29 is 9.53 Å². The van der Waals surface area contributed by atoms with E-state index in [2.05, 4.69) is 22.1 Å². The molecule has 7 heteroatoms. The van der Waals surface area contributed by atoms with E-state index >= 15 is 0 Å². The number of ether oxygens (including phenoxy) is 1. The van der Waals surface area contributed by atoms with E-state index in [1.54, 1.807) is 0 Å². The third kappa shape index (κ3) is 10.6. The first kappa shape index (κ1) is 22.3. The molecule has 23 heavy (non-hydrogen) atoms. The lowest BCUT2D eigenvalue weighted by Gasteiger charge is -2.31. The Morgan fingerprint density at radius 1 is 1.30 bits per heavy atom. The van der Waals surface area contributed by atoms with Gasteiger partial charge >= 0.3 is 6.09 Å². The zero-order valence-electron chi connectivity index (χ0n) is 14.9. The number of aliphatic imine (C=N–C) groups is 1. The Hall–Kier alpha value is -0.730. The number of unbranched alkanes of at least 4 members (excludes halogenated alkanes) is 1. The Morgan fingerprint density at radius 3 is 2.48 bits per heavy atom. The molecule has 1 heterocycles. The van der Waals surface area contributed by atoms with E-state index in [0.717, 1.165) is 31.8 Å². The number of carbonyl (C=O) groups is 1. The normalized spacial score (nSPS) is 16.7. The summed E-state index contributed by atoms with van der Waals surface area (Å²) in [4.78, 5) is 18.0. The Kier molecular flexibility index (Phi) is 10.6. The Balaban J connectivity index is 0.00000484. The number of guanidine groups is 1. The number of rotatable bonds is 5. The van der Waals surface area contributed by atoms with Gasteiger partial charge in [0.1, 0.15) is 5.60 Å². The van der Waals surface area contributed by atoms with E-state index in [1.165, 1.54) is 12.8 Å². The van der Waals surface area contributed by atoms with Gasteiger partial charge in [-0.15, -0.1) is 24.0 Å². The summed E-state index contributed by atoms with van der Waals surface area (Å²) < 4.78 is 5.17. The van der Waals surface area contributed by atoms with Crippen molar-refractivity contribution in [1.82, 2.24) is 10.2 Å². The summed E-state index contributed by atoms with van der Waals surface area (Å²) in [7, 11) is 0. The van der Waals surface area contributed by atoms with Crippen molar-refractivity contribution in [2.24, 2.45) is 16.6 Å². The summed E-state index contributed by atoms with van der Waals surface area (Å²) in [5.74, 6) is 1.45. The zero-order valence-corrected chi connectivity index (χ0v) is 17.3. The number of nitrogens with zero attached hydrogens (tertiary/aromatic N) is 2. The van der Waals surface area contributed by atoms with Gasteiger partial charge in [0.2, 0.25) is 0 Å². The molecule has 0 aromatic rings. The Morgan fingerprint density at radius 2 is 1.91 bits per heavy atom. The van der Waals surface area contributed by atoms with Crippen LogP contribution in [-0.4, -0.2) is 48.7 Å². The van der Waals surface area contributed by atoms with Gasteiger partial charge in [-0.25, -0.2) is 4.79 Å². The van der Waals surface area contributed by atoms with Crippen LogP contribution in [0, 0.1) is 5.92 Å². The van der Waals surface area contributed by atoms with Crippen LogP contribution in [0.25, 0.3) is 0 Å². The van der Waals surface area contributed by atoms with E-state index in [1.807, 2.05) is 20.8 Å². The molecule has 0 saturated carbocycles. The van der Waals surface area contributed by atoms with Crippen molar-refractivity contribution in [1.29, 1.82) is 0 Å². The molecule has 1 saturated heterocycles. The van der Waals surface area contributed by atoms with Gasteiger partial charge < -0.3 is 20.7 Å². The minimum absolute atomic E-state index is 0. The fourth-order valence-electron chi connectivity index (χ4n) is 2.27. The maximum atomic E-state index is 11.4. The summed E-state index contributed by atoms with van der Waals surface area (Å²) in [6.07, 6.45) is 3.79. The second-order valence-corrected chi connectivity index (χ2v) is 7.05. The number of nitrogens with one attached hydrogen (secondary N) is 1. The highest BCUT2D eigenvalue weighted by molar-refractivity contribution is 14.0. The molecule has 6 nitrogen and oxygen atoms in total. The maximum Gasteiger partial charge on any atom is 0.407 e. The Bertz CT molecular complexity index is 375. The number of carbonyl (C=O) groups excluding carboxylic acids is 1. The summed E-state index contributed by atoms with van der Waals surface area (Å²) in [6, 6.07) is 0. The number of hydrogen-bond donors (Lipinski definition) is 2.